The van der Waals surface area contributed by atoms with E-state index in [1.54, 1.807) is 0 Å². The van der Waals surface area contributed by atoms with Crippen LogP contribution < -0.4 is 0 Å². The number of pyridine rings is 1. The van der Waals surface area contributed by atoms with Crippen molar-refractivity contribution in [3.05, 3.63) is 23.7 Å². The number of fused-ring (bicyclic) bond motifs is 1. The number of rotatable bonds is 4. The van der Waals surface area contributed by atoms with E-state index in [1.807, 2.05) is 19.1 Å². The first kappa shape index (κ1) is 10.1. The fourth-order valence-electron chi connectivity index (χ4n) is 1.70. The second-order valence-electron chi connectivity index (χ2n) is 3.96. The highest BCUT2D eigenvalue weighted by Crippen LogP contribution is 2.11. The Labute approximate surface area is 90.0 Å². The topological polar surface area (TPSA) is 41.6 Å². The summed E-state index contributed by atoms with van der Waals surface area (Å²) in [7, 11) is 0. The molecular formula is C12H17N3. The third kappa shape index (κ3) is 2.35. The van der Waals surface area contributed by atoms with Crippen molar-refractivity contribution in [1.82, 2.24) is 15.0 Å². The predicted octanol–water partition coefficient (Wildman–Crippen LogP) is 3.00. The third-order valence-electron chi connectivity index (χ3n) is 2.55. The zero-order valence-electron chi connectivity index (χ0n) is 9.38. The van der Waals surface area contributed by atoms with Gasteiger partial charge in [-0.05, 0) is 25.5 Å². The van der Waals surface area contributed by atoms with Gasteiger partial charge in [0.1, 0.15) is 5.82 Å². The van der Waals surface area contributed by atoms with Crippen molar-refractivity contribution < 1.29 is 0 Å². The molecule has 15 heavy (non-hydrogen) atoms. The van der Waals surface area contributed by atoms with Crippen LogP contribution in [0.25, 0.3) is 11.2 Å². The molecule has 0 radical (unpaired) electrons. The Kier molecular flexibility index (Phi) is 2.99. The Balaban J connectivity index is 2.16. The summed E-state index contributed by atoms with van der Waals surface area (Å²) in [4.78, 5) is 12.2. The number of hydrogen-bond acceptors (Lipinski definition) is 2. The molecule has 2 rings (SSSR count). The normalized spacial score (nSPS) is 11.1. The van der Waals surface area contributed by atoms with Crippen LogP contribution in [0.2, 0.25) is 0 Å². The van der Waals surface area contributed by atoms with E-state index >= 15 is 0 Å². The van der Waals surface area contributed by atoms with Crippen molar-refractivity contribution in [1.29, 1.82) is 0 Å². The lowest BCUT2D eigenvalue weighted by molar-refractivity contribution is 0.700. The van der Waals surface area contributed by atoms with Crippen LogP contribution in [0.1, 0.15) is 37.7 Å². The summed E-state index contributed by atoms with van der Waals surface area (Å²) in [5, 5.41) is 0. The zero-order chi connectivity index (χ0) is 10.7. The van der Waals surface area contributed by atoms with Gasteiger partial charge < -0.3 is 4.98 Å². The lowest BCUT2D eigenvalue weighted by Gasteiger charge is -1.93. The summed E-state index contributed by atoms with van der Waals surface area (Å²) < 4.78 is 0. The molecule has 0 spiro atoms. The van der Waals surface area contributed by atoms with E-state index < -0.39 is 0 Å². The SMILES string of the molecule is CCCCCc1nc2nc(C)ccc2[nH]1. The molecule has 3 nitrogen and oxygen atoms in total. The molecule has 3 heteroatoms. The first-order valence-electron chi connectivity index (χ1n) is 5.62. The average molecular weight is 203 g/mol. The maximum absolute atomic E-state index is 4.48. The van der Waals surface area contributed by atoms with Crippen LogP contribution >= 0.6 is 0 Å². The molecule has 2 aromatic rings. The second kappa shape index (κ2) is 4.43. The van der Waals surface area contributed by atoms with Gasteiger partial charge in [0.05, 0.1) is 5.52 Å². The molecule has 0 amide bonds. The van der Waals surface area contributed by atoms with E-state index in [2.05, 4.69) is 21.9 Å². The minimum absolute atomic E-state index is 0.849. The molecular weight excluding hydrogens is 186 g/mol. The first-order valence-corrected chi connectivity index (χ1v) is 5.62. The van der Waals surface area contributed by atoms with Gasteiger partial charge in [0.2, 0.25) is 0 Å². The molecule has 2 heterocycles. The van der Waals surface area contributed by atoms with Crippen LogP contribution in [0.3, 0.4) is 0 Å². The largest absolute Gasteiger partial charge is 0.341 e. The fourth-order valence-corrected chi connectivity index (χ4v) is 1.70. The number of nitrogens with zero attached hydrogens (tertiary/aromatic N) is 2. The van der Waals surface area contributed by atoms with Gasteiger partial charge in [-0.2, -0.15) is 0 Å². The van der Waals surface area contributed by atoms with Gasteiger partial charge >= 0.3 is 0 Å². The molecule has 0 unspecified atom stereocenters. The van der Waals surface area contributed by atoms with Gasteiger partial charge in [-0.1, -0.05) is 19.8 Å². The van der Waals surface area contributed by atoms with E-state index in [0.29, 0.717) is 0 Å². The average Bonchev–Trinajstić information content (AvgIpc) is 2.60. The summed E-state index contributed by atoms with van der Waals surface area (Å²) in [5.41, 5.74) is 2.92. The van der Waals surface area contributed by atoms with Crippen LogP contribution in [-0.2, 0) is 6.42 Å². The molecule has 0 atom stereocenters. The van der Waals surface area contributed by atoms with E-state index in [1.165, 1.54) is 19.3 Å². The van der Waals surface area contributed by atoms with Crippen molar-refractivity contribution >= 4 is 11.2 Å². The molecule has 2 aromatic heterocycles. The Hall–Kier alpha value is -1.38. The van der Waals surface area contributed by atoms with Gasteiger partial charge in [-0.15, -0.1) is 0 Å². The minimum atomic E-state index is 0.849. The number of aromatic amines is 1. The number of aromatic nitrogens is 3. The second-order valence-corrected chi connectivity index (χ2v) is 3.96. The summed E-state index contributed by atoms with van der Waals surface area (Å²) in [6.07, 6.45) is 4.75. The van der Waals surface area contributed by atoms with Gasteiger partial charge in [-0.3, -0.25) is 0 Å². The maximum atomic E-state index is 4.48. The van der Waals surface area contributed by atoms with Crippen LogP contribution in [0.5, 0.6) is 0 Å². The molecule has 0 bridgehead atoms. The highest BCUT2D eigenvalue weighted by atomic mass is 15.0. The molecule has 0 aliphatic heterocycles. The zero-order valence-corrected chi connectivity index (χ0v) is 9.38. The van der Waals surface area contributed by atoms with Gasteiger partial charge in [0.25, 0.3) is 0 Å². The maximum Gasteiger partial charge on any atom is 0.177 e. The number of aryl methyl sites for hydroxylation is 2. The third-order valence-corrected chi connectivity index (χ3v) is 2.55. The van der Waals surface area contributed by atoms with Crippen LogP contribution in [0.4, 0.5) is 0 Å². The summed E-state index contributed by atoms with van der Waals surface area (Å²) >= 11 is 0. The van der Waals surface area contributed by atoms with Crippen molar-refractivity contribution in [2.75, 3.05) is 0 Å². The molecule has 0 fully saturated rings. The summed E-state index contributed by atoms with van der Waals surface area (Å²) in [6, 6.07) is 4.06. The van der Waals surface area contributed by atoms with E-state index in [9.17, 15) is 0 Å². The highest BCUT2D eigenvalue weighted by molar-refractivity contribution is 5.70. The first-order chi connectivity index (χ1) is 7.29. The summed E-state index contributed by atoms with van der Waals surface area (Å²) in [5.74, 6) is 1.07. The smallest absolute Gasteiger partial charge is 0.177 e. The molecule has 0 aliphatic rings. The fraction of sp³-hybridized carbons (Fsp3) is 0.500. The molecule has 0 saturated carbocycles. The number of nitrogens with one attached hydrogen (secondary N) is 1. The predicted molar refractivity (Wildman–Crippen MR) is 61.9 cm³/mol. The van der Waals surface area contributed by atoms with Gasteiger partial charge in [0.15, 0.2) is 5.65 Å². The Bertz CT molecular complexity index is 445. The van der Waals surface area contributed by atoms with Crippen LogP contribution in [-0.4, -0.2) is 15.0 Å². The van der Waals surface area contributed by atoms with Crippen molar-refractivity contribution in [2.24, 2.45) is 0 Å². The van der Waals surface area contributed by atoms with Crippen molar-refractivity contribution in [2.45, 2.75) is 39.5 Å². The van der Waals surface area contributed by atoms with Crippen molar-refractivity contribution in [3.63, 3.8) is 0 Å². The quantitative estimate of drug-likeness (QED) is 0.776. The van der Waals surface area contributed by atoms with Crippen molar-refractivity contribution in [3.8, 4) is 0 Å². The molecule has 1 N–H and O–H groups in total. The molecule has 0 aromatic carbocycles. The number of H-pyrrole nitrogens is 1. The van der Waals surface area contributed by atoms with Crippen LogP contribution in [0.15, 0.2) is 12.1 Å². The Morgan fingerprint density at radius 1 is 1.20 bits per heavy atom. The Morgan fingerprint density at radius 2 is 2.07 bits per heavy atom. The van der Waals surface area contributed by atoms with Gasteiger partial charge in [-0.25, -0.2) is 9.97 Å². The lowest BCUT2D eigenvalue weighted by Crippen LogP contribution is -1.87. The highest BCUT2D eigenvalue weighted by Gasteiger charge is 2.03. The lowest BCUT2D eigenvalue weighted by atomic mass is 10.2. The molecule has 0 aliphatic carbocycles. The number of imidazole rings is 1. The molecule has 80 valence electrons. The van der Waals surface area contributed by atoms with Gasteiger partial charge in [0, 0.05) is 12.1 Å². The Morgan fingerprint density at radius 3 is 2.87 bits per heavy atom. The summed E-state index contributed by atoms with van der Waals surface area (Å²) in [6.45, 7) is 4.20. The van der Waals surface area contributed by atoms with Crippen LogP contribution in [0, 0.1) is 6.92 Å². The molecule has 0 saturated heterocycles. The monoisotopic (exact) mass is 203 g/mol. The van der Waals surface area contributed by atoms with E-state index in [4.69, 9.17) is 0 Å². The van der Waals surface area contributed by atoms with E-state index in [-0.39, 0.29) is 0 Å². The minimum Gasteiger partial charge on any atom is -0.341 e. The standard InChI is InChI=1S/C12H17N3/c1-3-4-5-6-11-14-10-8-7-9(2)13-12(10)15-11/h7-8H,3-6H2,1-2H3,(H,13,14,15). The number of hydrogen-bond donors (Lipinski definition) is 1. The van der Waals surface area contributed by atoms with E-state index in [0.717, 1.165) is 29.1 Å². The number of unbranched alkanes of at least 4 members (excludes halogenated alkanes) is 2.